The number of nitrogens with zero attached hydrogens (tertiary/aromatic N) is 1. The lowest BCUT2D eigenvalue weighted by atomic mass is 9.86. The fourth-order valence-corrected chi connectivity index (χ4v) is 3.16. The van der Waals surface area contributed by atoms with Crippen molar-refractivity contribution < 1.29 is 0 Å². The van der Waals surface area contributed by atoms with Gasteiger partial charge in [0, 0.05) is 37.6 Å². The minimum Gasteiger partial charge on any atom is -0.385 e. The highest BCUT2D eigenvalue weighted by Crippen LogP contribution is 2.24. The van der Waals surface area contributed by atoms with Gasteiger partial charge in [-0.2, -0.15) is 0 Å². The van der Waals surface area contributed by atoms with Crippen LogP contribution in [0.1, 0.15) is 39.5 Å². The molecule has 3 heteroatoms. The fraction of sp³-hybridized carbons (Fsp3) is 0.667. The molecule has 0 heterocycles. The summed E-state index contributed by atoms with van der Waals surface area (Å²) in [6.45, 7) is 6.67. The van der Waals surface area contributed by atoms with Crippen molar-refractivity contribution in [2.24, 2.45) is 17.6 Å². The van der Waals surface area contributed by atoms with Crippen LogP contribution in [0.15, 0.2) is 24.3 Å². The van der Waals surface area contributed by atoms with Gasteiger partial charge in [0.05, 0.1) is 0 Å². The third-order valence-corrected chi connectivity index (χ3v) is 4.41. The van der Waals surface area contributed by atoms with Crippen LogP contribution in [-0.4, -0.2) is 26.2 Å². The Balaban J connectivity index is 1.86. The molecule has 1 fully saturated rings. The molecule has 0 radical (unpaired) electrons. The SMILES string of the molecule is CC(C)CN(C)c1cccc(NCC2CCC(N)CC2)c1. The summed E-state index contributed by atoms with van der Waals surface area (Å²) >= 11 is 0. The van der Waals surface area contributed by atoms with E-state index in [2.05, 4.69) is 55.4 Å². The van der Waals surface area contributed by atoms with Crippen molar-refractivity contribution in [1.29, 1.82) is 0 Å². The summed E-state index contributed by atoms with van der Waals surface area (Å²) in [5, 5.41) is 3.61. The molecule has 1 saturated carbocycles. The molecule has 3 N–H and O–H groups in total. The minimum atomic E-state index is 0.439. The van der Waals surface area contributed by atoms with Gasteiger partial charge in [0.2, 0.25) is 0 Å². The maximum atomic E-state index is 5.97. The number of nitrogens with two attached hydrogens (primary N) is 1. The summed E-state index contributed by atoms with van der Waals surface area (Å²) in [7, 11) is 2.17. The van der Waals surface area contributed by atoms with Crippen LogP contribution in [0.4, 0.5) is 11.4 Å². The number of anilines is 2. The highest BCUT2D eigenvalue weighted by Gasteiger charge is 2.18. The van der Waals surface area contributed by atoms with E-state index in [1.165, 1.54) is 37.1 Å². The number of rotatable bonds is 6. The molecule has 0 atom stereocenters. The zero-order valence-corrected chi connectivity index (χ0v) is 13.8. The van der Waals surface area contributed by atoms with Crippen molar-refractivity contribution in [1.82, 2.24) is 0 Å². The molecule has 1 aromatic rings. The molecule has 0 unspecified atom stereocenters. The second-order valence-corrected chi connectivity index (χ2v) is 6.99. The molecule has 0 aromatic heterocycles. The van der Waals surface area contributed by atoms with Crippen LogP contribution < -0.4 is 16.0 Å². The molecule has 21 heavy (non-hydrogen) atoms. The molecule has 1 aromatic carbocycles. The summed E-state index contributed by atoms with van der Waals surface area (Å²) < 4.78 is 0. The molecular weight excluding hydrogens is 258 g/mol. The highest BCUT2D eigenvalue weighted by molar-refractivity contribution is 5.57. The Kier molecular flexibility index (Phi) is 5.92. The molecule has 2 rings (SSSR count). The zero-order valence-electron chi connectivity index (χ0n) is 13.8. The van der Waals surface area contributed by atoms with Gasteiger partial charge in [-0.3, -0.25) is 0 Å². The number of benzene rings is 1. The van der Waals surface area contributed by atoms with Gasteiger partial charge in [0.15, 0.2) is 0 Å². The van der Waals surface area contributed by atoms with Crippen LogP contribution >= 0.6 is 0 Å². The van der Waals surface area contributed by atoms with E-state index >= 15 is 0 Å². The lowest BCUT2D eigenvalue weighted by Crippen LogP contribution is -2.29. The van der Waals surface area contributed by atoms with Gasteiger partial charge in [0.1, 0.15) is 0 Å². The maximum Gasteiger partial charge on any atom is 0.0384 e. The van der Waals surface area contributed by atoms with Crippen LogP contribution in [0.2, 0.25) is 0 Å². The minimum absolute atomic E-state index is 0.439. The number of hydrogen-bond donors (Lipinski definition) is 2. The first-order valence-corrected chi connectivity index (χ1v) is 8.35. The van der Waals surface area contributed by atoms with Crippen molar-refractivity contribution in [2.75, 3.05) is 30.4 Å². The monoisotopic (exact) mass is 289 g/mol. The molecule has 1 aliphatic rings. The Morgan fingerprint density at radius 2 is 1.95 bits per heavy atom. The Bertz CT molecular complexity index is 422. The van der Waals surface area contributed by atoms with E-state index in [-0.39, 0.29) is 0 Å². The molecule has 1 aliphatic carbocycles. The van der Waals surface area contributed by atoms with Crippen LogP contribution in [0.25, 0.3) is 0 Å². The Morgan fingerprint density at radius 1 is 1.24 bits per heavy atom. The van der Waals surface area contributed by atoms with Crippen LogP contribution in [-0.2, 0) is 0 Å². The topological polar surface area (TPSA) is 41.3 Å². The van der Waals surface area contributed by atoms with Crippen LogP contribution in [0, 0.1) is 11.8 Å². The Hall–Kier alpha value is -1.22. The maximum absolute atomic E-state index is 5.97. The van der Waals surface area contributed by atoms with E-state index in [0.29, 0.717) is 12.0 Å². The van der Waals surface area contributed by atoms with E-state index in [9.17, 15) is 0 Å². The molecule has 3 nitrogen and oxygen atoms in total. The Morgan fingerprint density at radius 3 is 2.62 bits per heavy atom. The van der Waals surface area contributed by atoms with Gasteiger partial charge in [-0.1, -0.05) is 19.9 Å². The van der Waals surface area contributed by atoms with E-state index in [0.717, 1.165) is 19.0 Å². The third-order valence-electron chi connectivity index (χ3n) is 4.41. The normalized spacial score (nSPS) is 22.3. The van der Waals surface area contributed by atoms with Gasteiger partial charge in [-0.05, 0) is 55.7 Å². The van der Waals surface area contributed by atoms with Crippen LogP contribution in [0.5, 0.6) is 0 Å². The molecule has 0 amide bonds. The lowest BCUT2D eigenvalue weighted by Gasteiger charge is -2.27. The Labute approximate surface area is 129 Å². The molecule has 0 bridgehead atoms. The molecule has 0 aliphatic heterocycles. The zero-order chi connectivity index (χ0) is 15.2. The van der Waals surface area contributed by atoms with Crippen molar-refractivity contribution in [2.45, 2.75) is 45.6 Å². The van der Waals surface area contributed by atoms with Crippen molar-refractivity contribution in [3.05, 3.63) is 24.3 Å². The van der Waals surface area contributed by atoms with Crippen molar-refractivity contribution in [3.63, 3.8) is 0 Å². The predicted octanol–water partition coefficient (Wildman–Crippen LogP) is 3.71. The summed E-state index contributed by atoms with van der Waals surface area (Å²) in [6.07, 6.45) is 4.90. The van der Waals surface area contributed by atoms with E-state index in [4.69, 9.17) is 5.73 Å². The quantitative estimate of drug-likeness (QED) is 0.839. The van der Waals surface area contributed by atoms with Gasteiger partial charge in [-0.15, -0.1) is 0 Å². The summed E-state index contributed by atoms with van der Waals surface area (Å²) in [5.74, 6) is 1.46. The molecular formula is C18H31N3. The predicted molar refractivity (Wildman–Crippen MR) is 93.0 cm³/mol. The fourth-order valence-electron chi connectivity index (χ4n) is 3.16. The van der Waals surface area contributed by atoms with Crippen LogP contribution in [0.3, 0.4) is 0 Å². The number of nitrogens with one attached hydrogen (secondary N) is 1. The summed E-state index contributed by atoms with van der Waals surface area (Å²) in [4.78, 5) is 2.33. The summed E-state index contributed by atoms with van der Waals surface area (Å²) in [5.41, 5.74) is 8.50. The van der Waals surface area contributed by atoms with Gasteiger partial charge in [-0.25, -0.2) is 0 Å². The summed E-state index contributed by atoms with van der Waals surface area (Å²) in [6, 6.07) is 9.20. The molecule has 118 valence electrons. The first kappa shape index (κ1) is 16.2. The third kappa shape index (κ3) is 5.24. The lowest BCUT2D eigenvalue weighted by molar-refractivity contribution is 0.339. The average molecular weight is 289 g/mol. The van der Waals surface area contributed by atoms with Gasteiger partial charge < -0.3 is 16.0 Å². The second kappa shape index (κ2) is 7.69. The second-order valence-electron chi connectivity index (χ2n) is 6.99. The average Bonchev–Trinajstić information content (AvgIpc) is 2.46. The van der Waals surface area contributed by atoms with Gasteiger partial charge in [0.25, 0.3) is 0 Å². The van der Waals surface area contributed by atoms with Gasteiger partial charge >= 0.3 is 0 Å². The van der Waals surface area contributed by atoms with Crippen molar-refractivity contribution >= 4 is 11.4 Å². The molecule has 0 spiro atoms. The van der Waals surface area contributed by atoms with E-state index in [1.54, 1.807) is 0 Å². The first-order chi connectivity index (χ1) is 10.0. The van der Waals surface area contributed by atoms with Crippen molar-refractivity contribution in [3.8, 4) is 0 Å². The number of hydrogen-bond acceptors (Lipinski definition) is 3. The standard InChI is InChI=1S/C18H31N3/c1-14(2)13-21(3)18-6-4-5-17(11-18)20-12-15-7-9-16(19)10-8-15/h4-6,11,14-16,20H,7-10,12-13,19H2,1-3H3. The smallest absolute Gasteiger partial charge is 0.0384 e. The molecule has 0 saturated heterocycles. The largest absolute Gasteiger partial charge is 0.385 e. The van der Waals surface area contributed by atoms with E-state index in [1.807, 2.05) is 0 Å². The van der Waals surface area contributed by atoms with E-state index < -0.39 is 0 Å². The highest BCUT2D eigenvalue weighted by atomic mass is 15.1. The first-order valence-electron chi connectivity index (χ1n) is 8.35.